The number of rotatable bonds is 5. The average Bonchev–Trinajstić information content (AvgIpc) is 2.93. The fourth-order valence-electron chi connectivity index (χ4n) is 2.59. The molecular weight excluding hydrogens is 348 g/mol. The first-order valence-corrected chi connectivity index (χ1v) is 8.23. The Morgan fingerprint density at radius 3 is 2.68 bits per heavy atom. The molecule has 0 N–H and O–H groups in total. The zero-order valence-electron chi connectivity index (χ0n) is 12.5. The summed E-state index contributed by atoms with van der Waals surface area (Å²) in [5.41, 5.74) is 0.938. The minimum Gasteiger partial charge on any atom is -0.463 e. The van der Waals surface area contributed by atoms with Gasteiger partial charge in [0, 0.05) is 18.5 Å². The van der Waals surface area contributed by atoms with Crippen LogP contribution < -0.4 is 4.74 Å². The summed E-state index contributed by atoms with van der Waals surface area (Å²) in [6.45, 7) is 5.56. The highest BCUT2D eigenvalue weighted by atomic mass is 79.9. The Hall–Kier alpha value is -1.47. The van der Waals surface area contributed by atoms with Gasteiger partial charge in [0.15, 0.2) is 5.76 Å². The summed E-state index contributed by atoms with van der Waals surface area (Å²) in [7, 11) is 0. The molecule has 118 valence electrons. The Morgan fingerprint density at radius 1 is 1.32 bits per heavy atom. The minimum atomic E-state index is 0.447. The molecule has 1 saturated heterocycles. The molecule has 22 heavy (non-hydrogen) atoms. The predicted molar refractivity (Wildman–Crippen MR) is 84.5 cm³/mol. The zero-order valence-corrected chi connectivity index (χ0v) is 14.1. The second-order valence-electron chi connectivity index (χ2n) is 5.65. The third-order valence-electron chi connectivity index (χ3n) is 3.81. The number of halogens is 1. The van der Waals surface area contributed by atoms with Gasteiger partial charge in [0.25, 0.3) is 0 Å². The van der Waals surface area contributed by atoms with Crippen molar-refractivity contribution < 1.29 is 9.26 Å². The van der Waals surface area contributed by atoms with Crippen LogP contribution in [-0.4, -0.2) is 39.7 Å². The van der Waals surface area contributed by atoms with Gasteiger partial charge < -0.3 is 9.26 Å². The van der Waals surface area contributed by atoms with Crippen molar-refractivity contribution in [2.45, 2.75) is 26.3 Å². The molecule has 0 atom stereocenters. The molecule has 0 aliphatic carbocycles. The highest BCUT2D eigenvalue weighted by Crippen LogP contribution is 2.20. The third-order valence-corrected chi connectivity index (χ3v) is 4.22. The fourth-order valence-corrected chi connectivity index (χ4v) is 2.79. The molecule has 0 spiro atoms. The molecule has 1 fully saturated rings. The lowest BCUT2D eigenvalue weighted by molar-refractivity contribution is 0.124. The van der Waals surface area contributed by atoms with Crippen molar-refractivity contribution >= 4 is 15.9 Å². The minimum absolute atomic E-state index is 0.447. The molecule has 0 amide bonds. The number of likely N-dealkylation sites (tertiary alicyclic amines) is 1. The van der Waals surface area contributed by atoms with E-state index in [1.807, 2.05) is 13.0 Å². The monoisotopic (exact) mass is 366 g/mol. The zero-order chi connectivity index (χ0) is 15.4. The van der Waals surface area contributed by atoms with Crippen molar-refractivity contribution in [2.75, 3.05) is 19.7 Å². The molecule has 3 rings (SSSR count). The summed E-state index contributed by atoms with van der Waals surface area (Å²) in [4.78, 5) is 10.6. The summed E-state index contributed by atoms with van der Waals surface area (Å²) in [6, 6.07) is 2.45. The van der Waals surface area contributed by atoms with Crippen LogP contribution in [0.25, 0.3) is 0 Å². The second kappa shape index (κ2) is 7.19. The van der Waals surface area contributed by atoms with Crippen LogP contribution in [0.2, 0.25) is 0 Å². The lowest BCUT2D eigenvalue weighted by Gasteiger charge is -2.30. The van der Waals surface area contributed by atoms with Gasteiger partial charge in [-0.3, -0.25) is 4.90 Å². The van der Waals surface area contributed by atoms with Gasteiger partial charge in [-0.2, -0.15) is 0 Å². The van der Waals surface area contributed by atoms with Gasteiger partial charge in [0.05, 0.1) is 23.3 Å². The van der Waals surface area contributed by atoms with Gasteiger partial charge in [-0.05, 0) is 54.7 Å². The molecule has 2 aromatic rings. The third kappa shape index (κ3) is 4.27. The van der Waals surface area contributed by atoms with Crippen molar-refractivity contribution in [1.82, 2.24) is 20.0 Å². The molecule has 3 heterocycles. The fraction of sp³-hybridized carbons (Fsp3) is 0.533. The van der Waals surface area contributed by atoms with Crippen LogP contribution in [0.15, 0.2) is 27.5 Å². The smallest absolute Gasteiger partial charge is 0.316 e. The van der Waals surface area contributed by atoms with Crippen LogP contribution in [-0.2, 0) is 6.54 Å². The number of ether oxygens (including phenoxy) is 1. The molecule has 2 aromatic heterocycles. The van der Waals surface area contributed by atoms with Crippen LogP contribution in [0.5, 0.6) is 6.01 Å². The highest BCUT2D eigenvalue weighted by molar-refractivity contribution is 9.10. The Morgan fingerprint density at radius 2 is 2.05 bits per heavy atom. The van der Waals surface area contributed by atoms with E-state index in [9.17, 15) is 0 Å². The van der Waals surface area contributed by atoms with Crippen LogP contribution >= 0.6 is 15.9 Å². The molecule has 0 saturated carbocycles. The van der Waals surface area contributed by atoms with E-state index in [-0.39, 0.29) is 0 Å². The molecule has 0 bridgehead atoms. The maximum atomic E-state index is 5.67. The average molecular weight is 367 g/mol. The van der Waals surface area contributed by atoms with E-state index in [1.165, 1.54) is 0 Å². The molecule has 0 unspecified atom stereocenters. The maximum absolute atomic E-state index is 5.67. The molecule has 1 aliphatic rings. The molecule has 0 aromatic carbocycles. The second-order valence-corrected chi connectivity index (χ2v) is 6.56. The van der Waals surface area contributed by atoms with Crippen molar-refractivity contribution in [3.05, 3.63) is 34.4 Å². The Kier molecular flexibility index (Phi) is 5.04. The number of piperidine rings is 1. The van der Waals surface area contributed by atoms with E-state index in [2.05, 4.69) is 36.0 Å². The first-order valence-electron chi connectivity index (χ1n) is 7.44. The SMILES string of the molecule is Cc1cc(CN2CCC(COc3ncc(Br)cn3)CC2)on1. The van der Waals surface area contributed by atoms with Crippen molar-refractivity contribution in [1.29, 1.82) is 0 Å². The van der Waals surface area contributed by atoms with E-state index < -0.39 is 0 Å². The van der Waals surface area contributed by atoms with Crippen molar-refractivity contribution in [3.63, 3.8) is 0 Å². The molecule has 7 heteroatoms. The lowest BCUT2D eigenvalue weighted by Crippen LogP contribution is -2.35. The Labute approximate surface area is 138 Å². The summed E-state index contributed by atoms with van der Waals surface area (Å²) < 4.78 is 11.8. The van der Waals surface area contributed by atoms with Crippen molar-refractivity contribution in [3.8, 4) is 6.01 Å². The van der Waals surface area contributed by atoms with Gasteiger partial charge in [-0.1, -0.05) is 5.16 Å². The number of aromatic nitrogens is 3. The molecule has 1 aliphatic heterocycles. The first kappa shape index (κ1) is 15.4. The Balaban J connectivity index is 1.41. The maximum Gasteiger partial charge on any atom is 0.316 e. The van der Waals surface area contributed by atoms with Crippen molar-refractivity contribution in [2.24, 2.45) is 5.92 Å². The first-order chi connectivity index (χ1) is 10.7. The summed E-state index contributed by atoms with van der Waals surface area (Å²) >= 11 is 3.31. The normalized spacial score (nSPS) is 16.8. The van der Waals surface area contributed by atoms with Crippen LogP contribution in [0, 0.1) is 12.8 Å². The molecule has 6 nitrogen and oxygen atoms in total. The van der Waals surface area contributed by atoms with E-state index >= 15 is 0 Å². The highest BCUT2D eigenvalue weighted by Gasteiger charge is 2.21. The summed E-state index contributed by atoms with van der Waals surface area (Å²) in [5, 5.41) is 3.93. The van der Waals surface area contributed by atoms with Crippen LogP contribution in [0.1, 0.15) is 24.3 Å². The largest absolute Gasteiger partial charge is 0.463 e. The predicted octanol–water partition coefficient (Wildman–Crippen LogP) is 2.83. The molecule has 0 radical (unpaired) electrons. The quantitative estimate of drug-likeness (QED) is 0.810. The van der Waals surface area contributed by atoms with Gasteiger partial charge in [0.2, 0.25) is 0 Å². The van der Waals surface area contributed by atoms with Gasteiger partial charge >= 0.3 is 6.01 Å². The topological polar surface area (TPSA) is 64.3 Å². The van der Waals surface area contributed by atoms with E-state index in [4.69, 9.17) is 9.26 Å². The van der Waals surface area contributed by atoms with E-state index in [1.54, 1.807) is 12.4 Å². The van der Waals surface area contributed by atoms with Crippen LogP contribution in [0.3, 0.4) is 0 Å². The van der Waals surface area contributed by atoms with Gasteiger partial charge in [0.1, 0.15) is 0 Å². The number of aryl methyl sites for hydroxylation is 1. The van der Waals surface area contributed by atoms with Crippen LogP contribution in [0.4, 0.5) is 0 Å². The standard InChI is InChI=1S/C15H19BrN4O2/c1-11-6-14(22-19-11)9-20-4-2-12(3-5-20)10-21-15-17-7-13(16)8-18-15/h6-8,12H,2-5,9-10H2,1H3. The number of nitrogens with zero attached hydrogens (tertiary/aromatic N) is 4. The lowest BCUT2D eigenvalue weighted by atomic mass is 9.98. The Bertz CT molecular complexity index is 594. The van der Waals surface area contributed by atoms with E-state index in [0.717, 1.165) is 48.4 Å². The summed E-state index contributed by atoms with van der Waals surface area (Å²) in [6.07, 6.45) is 5.63. The number of hydrogen-bond acceptors (Lipinski definition) is 6. The summed E-state index contributed by atoms with van der Waals surface area (Å²) in [5.74, 6) is 1.50. The molecular formula is C15H19BrN4O2. The van der Waals surface area contributed by atoms with E-state index in [0.29, 0.717) is 18.5 Å². The van der Waals surface area contributed by atoms with Gasteiger partial charge in [-0.15, -0.1) is 0 Å². The van der Waals surface area contributed by atoms with Gasteiger partial charge in [-0.25, -0.2) is 9.97 Å². The number of hydrogen-bond donors (Lipinski definition) is 0.